The zero-order valence-corrected chi connectivity index (χ0v) is 17.1. The number of carbonyl (C=O) groups excluding carboxylic acids is 1. The van der Waals surface area contributed by atoms with Crippen molar-refractivity contribution >= 4 is 20.1 Å². The summed E-state index contributed by atoms with van der Waals surface area (Å²) in [5, 5.41) is 12.5. The third-order valence-electron chi connectivity index (χ3n) is 4.32. The fraction of sp³-hybridized carbons (Fsp3) is 0.579. The Bertz CT molecular complexity index is 575. The summed E-state index contributed by atoms with van der Waals surface area (Å²) in [7, 11) is -1.46. The number of nitrogens with two attached hydrogens (primary N) is 1. The summed E-state index contributed by atoms with van der Waals surface area (Å²) in [5.41, 5.74) is 5.09. The highest BCUT2D eigenvalue weighted by atomic mass is 28.3. The number of carbonyl (C=O) groups is 2. The predicted octanol–water partition coefficient (Wildman–Crippen LogP) is 3.59. The van der Waals surface area contributed by atoms with Crippen molar-refractivity contribution in [2.75, 3.05) is 6.54 Å². The lowest BCUT2D eigenvalue weighted by Gasteiger charge is -2.32. The smallest absolute Gasteiger partial charge is 0.408 e. The fourth-order valence-corrected chi connectivity index (χ4v) is 3.81. The minimum atomic E-state index is -1.46. The quantitative estimate of drug-likeness (QED) is 0.402. The molecule has 7 heteroatoms. The second-order valence-corrected chi connectivity index (χ2v) is 13.5. The van der Waals surface area contributed by atoms with Crippen molar-refractivity contribution in [3.63, 3.8) is 0 Å². The van der Waals surface area contributed by atoms with Crippen LogP contribution in [0.2, 0.25) is 25.7 Å². The SMILES string of the molecule is C[Si](C)(C)CC[C@@](CCCCN)(NC(=O)OCc1ccccc1)C(=O)O. The van der Waals surface area contributed by atoms with E-state index in [1.165, 1.54) is 0 Å². The van der Waals surface area contributed by atoms with E-state index in [0.29, 0.717) is 25.8 Å². The van der Waals surface area contributed by atoms with E-state index in [2.05, 4.69) is 25.0 Å². The van der Waals surface area contributed by atoms with E-state index in [9.17, 15) is 14.7 Å². The van der Waals surface area contributed by atoms with Crippen molar-refractivity contribution < 1.29 is 19.4 Å². The van der Waals surface area contributed by atoms with Gasteiger partial charge in [0.25, 0.3) is 0 Å². The highest BCUT2D eigenvalue weighted by molar-refractivity contribution is 6.76. The molecule has 0 aliphatic rings. The molecule has 0 radical (unpaired) electrons. The second-order valence-electron chi connectivity index (χ2n) is 7.88. The van der Waals surface area contributed by atoms with Gasteiger partial charge in [0.15, 0.2) is 0 Å². The highest BCUT2D eigenvalue weighted by Gasteiger charge is 2.40. The molecule has 0 bridgehead atoms. The summed E-state index contributed by atoms with van der Waals surface area (Å²) < 4.78 is 5.25. The Morgan fingerprint density at radius 3 is 2.35 bits per heavy atom. The molecule has 1 aromatic carbocycles. The Kier molecular flexibility index (Phi) is 8.81. The van der Waals surface area contributed by atoms with Crippen molar-refractivity contribution in [1.29, 1.82) is 0 Å². The average molecular weight is 381 g/mol. The molecule has 26 heavy (non-hydrogen) atoms. The van der Waals surface area contributed by atoms with Gasteiger partial charge in [-0.2, -0.15) is 0 Å². The third kappa shape index (κ3) is 8.01. The van der Waals surface area contributed by atoms with Crippen LogP contribution in [0.5, 0.6) is 0 Å². The molecule has 4 N–H and O–H groups in total. The first-order valence-electron chi connectivity index (χ1n) is 9.11. The standard InChI is InChI=1S/C19H32N2O4Si/c1-26(2,3)14-12-19(17(22)23,11-7-8-13-20)21-18(24)25-15-16-9-5-4-6-10-16/h4-6,9-10H,7-8,11-15,20H2,1-3H3,(H,21,24)(H,22,23)/t19-/m1/s1. The number of carboxylic acids is 1. The Hall–Kier alpha value is -1.86. The van der Waals surface area contributed by atoms with Crippen LogP contribution < -0.4 is 11.1 Å². The average Bonchev–Trinajstić information content (AvgIpc) is 2.58. The molecule has 6 nitrogen and oxygen atoms in total. The molecule has 0 unspecified atom stereocenters. The molecule has 1 aromatic rings. The van der Waals surface area contributed by atoms with Gasteiger partial charge in [0.1, 0.15) is 12.1 Å². The monoisotopic (exact) mass is 380 g/mol. The van der Waals surface area contributed by atoms with E-state index in [1.54, 1.807) is 0 Å². The van der Waals surface area contributed by atoms with E-state index in [-0.39, 0.29) is 6.61 Å². The van der Waals surface area contributed by atoms with Gasteiger partial charge in [-0.05, 0) is 37.8 Å². The number of hydrogen-bond acceptors (Lipinski definition) is 4. The summed E-state index contributed by atoms with van der Waals surface area (Å²) >= 11 is 0. The van der Waals surface area contributed by atoms with Crippen LogP contribution in [-0.2, 0) is 16.1 Å². The number of ether oxygens (including phenoxy) is 1. The maximum absolute atomic E-state index is 12.3. The number of carboxylic acid groups (broad SMARTS) is 1. The van der Waals surface area contributed by atoms with Crippen molar-refractivity contribution in [3.8, 4) is 0 Å². The van der Waals surface area contributed by atoms with Crippen LogP contribution in [0.3, 0.4) is 0 Å². The van der Waals surface area contributed by atoms with Gasteiger partial charge in [-0.25, -0.2) is 9.59 Å². The Morgan fingerprint density at radius 2 is 1.81 bits per heavy atom. The highest BCUT2D eigenvalue weighted by Crippen LogP contribution is 2.26. The molecule has 1 rings (SSSR count). The van der Waals surface area contributed by atoms with Crippen molar-refractivity contribution in [2.45, 2.75) is 63.5 Å². The lowest BCUT2D eigenvalue weighted by atomic mass is 9.89. The first-order valence-corrected chi connectivity index (χ1v) is 12.8. The van der Waals surface area contributed by atoms with Crippen LogP contribution in [0.4, 0.5) is 4.79 Å². The van der Waals surface area contributed by atoms with Crippen LogP contribution in [0.15, 0.2) is 30.3 Å². The number of unbranched alkanes of at least 4 members (excludes halogenated alkanes) is 1. The van der Waals surface area contributed by atoms with Crippen molar-refractivity contribution in [2.24, 2.45) is 5.73 Å². The lowest BCUT2D eigenvalue weighted by molar-refractivity contribution is -0.145. The van der Waals surface area contributed by atoms with Crippen LogP contribution in [0, 0.1) is 0 Å². The lowest BCUT2D eigenvalue weighted by Crippen LogP contribution is -2.55. The number of benzene rings is 1. The van der Waals surface area contributed by atoms with Crippen molar-refractivity contribution in [1.82, 2.24) is 5.32 Å². The number of rotatable bonds is 11. The van der Waals surface area contributed by atoms with Crippen LogP contribution in [0.25, 0.3) is 0 Å². The van der Waals surface area contributed by atoms with Gasteiger partial charge < -0.3 is 20.9 Å². The molecule has 0 saturated heterocycles. The topological polar surface area (TPSA) is 102 Å². The largest absolute Gasteiger partial charge is 0.480 e. The van der Waals surface area contributed by atoms with E-state index >= 15 is 0 Å². The maximum atomic E-state index is 12.3. The van der Waals surface area contributed by atoms with Crippen LogP contribution >= 0.6 is 0 Å². The van der Waals surface area contributed by atoms with Gasteiger partial charge in [0.2, 0.25) is 0 Å². The molecule has 0 aliphatic carbocycles. The summed E-state index contributed by atoms with van der Waals surface area (Å²) in [6.45, 7) is 7.18. The minimum Gasteiger partial charge on any atom is -0.480 e. The molecule has 146 valence electrons. The number of alkyl carbamates (subject to hydrolysis) is 1. The predicted molar refractivity (Wildman–Crippen MR) is 106 cm³/mol. The first kappa shape index (κ1) is 22.2. The molecule has 1 atom stereocenters. The molecule has 1 amide bonds. The number of hydrogen-bond donors (Lipinski definition) is 3. The Balaban J connectivity index is 2.80. The maximum Gasteiger partial charge on any atom is 0.408 e. The fourth-order valence-electron chi connectivity index (χ4n) is 2.63. The molecule has 0 aliphatic heterocycles. The Labute approximate surface area is 157 Å². The van der Waals surface area contributed by atoms with E-state index in [1.807, 2.05) is 30.3 Å². The van der Waals surface area contributed by atoms with Gasteiger partial charge in [-0.15, -0.1) is 0 Å². The van der Waals surface area contributed by atoms with E-state index in [0.717, 1.165) is 18.0 Å². The summed E-state index contributed by atoms with van der Waals surface area (Å²) in [5.74, 6) is -1.01. The normalized spacial score (nSPS) is 13.7. The molecule has 0 spiro atoms. The molecular weight excluding hydrogens is 348 g/mol. The third-order valence-corrected chi connectivity index (χ3v) is 6.07. The zero-order chi connectivity index (χ0) is 19.6. The summed E-state index contributed by atoms with van der Waals surface area (Å²) in [6.07, 6.45) is 1.43. The number of amides is 1. The van der Waals surface area contributed by atoms with E-state index < -0.39 is 25.7 Å². The summed E-state index contributed by atoms with van der Waals surface area (Å²) in [6, 6.07) is 10.1. The Morgan fingerprint density at radius 1 is 1.15 bits per heavy atom. The molecule has 0 heterocycles. The van der Waals surface area contributed by atoms with Gasteiger partial charge in [0.05, 0.1) is 0 Å². The second kappa shape index (κ2) is 10.3. The number of nitrogens with one attached hydrogen (secondary N) is 1. The number of aliphatic carboxylic acids is 1. The molecule has 0 aromatic heterocycles. The van der Waals surface area contributed by atoms with E-state index in [4.69, 9.17) is 10.5 Å². The van der Waals surface area contributed by atoms with Gasteiger partial charge in [0, 0.05) is 8.07 Å². The molecule has 0 fully saturated rings. The van der Waals surface area contributed by atoms with Gasteiger partial charge >= 0.3 is 12.1 Å². The van der Waals surface area contributed by atoms with Gasteiger partial charge in [-0.1, -0.05) is 56.0 Å². The first-order chi connectivity index (χ1) is 12.2. The van der Waals surface area contributed by atoms with Crippen LogP contribution in [0.1, 0.15) is 31.2 Å². The molecular formula is C19H32N2O4Si. The van der Waals surface area contributed by atoms with Gasteiger partial charge in [-0.3, -0.25) is 0 Å². The van der Waals surface area contributed by atoms with Crippen LogP contribution in [-0.4, -0.2) is 37.3 Å². The van der Waals surface area contributed by atoms with Crippen molar-refractivity contribution in [3.05, 3.63) is 35.9 Å². The summed E-state index contributed by atoms with van der Waals surface area (Å²) in [4.78, 5) is 24.3. The minimum absolute atomic E-state index is 0.110. The molecule has 0 saturated carbocycles. The zero-order valence-electron chi connectivity index (χ0n) is 16.1.